The van der Waals surface area contributed by atoms with Crippen LogP contribution < -0.4 is 10.1 Å². The van der Waals surface area contributed by atoms with Gasteiger partial charge in [0.05, 0.1) is 13.2 Å². The number of hydrogen-bond donors (Lipinski definition) is 1. The molecule has 1 amide bonds. The van der Waals surface area contributed by atoms with Gasteiger partial charge < -0.3 is 14.8 Å². The molecule has 3 rings (SSSR count). The van der Waals surface area contributed by atoms with Crippen LogP contribution in [0.2, 0.25) is 0 Å². The van der Waals surface area contributed by atoms with E-state index in [9.17, 15) is 13.6 Å². The number of carbonyl (C=O) groups excluding carboxylic acids is 1. The van der Waals surface area contributed by atoms with Gasteiger partial charge in [-0.3, -0.25) is 4.79 Å². The molecule has 1 fully saturated rings. The summed E-state index contributed by atoms with van der Waals surface area (Å²) in [6.07, 6.45) is 1.71. The molecule has 2 atom stereocenters. The van der Waals surface area contributed by atoms with E-state index in [4.69, 9.17) is 9.47 Å². The van der Waals surface area contributed by atoms with E-state index < -0.39 is 35.3 Å². The van der Waals surface area contributed by atoms with Crippen molar-refractivity contribution in [3.8, 4) is 5.88 Å². The molecule has 7 heteroatoms. The number of nitrogens with one attached hydrogen (secondary N) is 1. The zero-order valence-corrected chi connectivity index (χ0v) is 13.0. The van der Waals surface area contributed by atoms with Gasteiger partial charge >= 0.3 is 0 Å². The molecular formula is C17H16F2N2O3. The van der Waals surface area contributed by atoms with Crippen LogP contribution in [0.15, 0.2) is 36.5 Å². The molecule has 0 saturated carbocycles. The first-order valence-electron chi connectivity index (χ1n) is 7.46. The third kappa shape index (κ3) is 3.21. The molecule has 126 valence electrons. The second-order valence-electron chi connectivity index (χ2n) is 5.39. The molecule has 0 bridgehead atoms. The number of hydrogen-bond acceptors (Lipinski definition) is 4. The lowest BCUT2D eigenvalue weighted by Crippen LogP contribution is -2.37. The van der Waals surface area contributed by atoms with Crippen molar-refractivity contribution in [1.29, 1.82) is 0 Å². The molecule has 0 unspecified atom stereocenters. The number of ether oxygens (including phenoxy) is 2. The Morgan fingerprint density at radius 1 is 1.29 bits per heavy atom. The van der Waals surface area contributed by atoms with Gasteiger partial charge in [0.25, 0.3) is 5.91 Å². The number of carbonyl (C=O) groups is 1. The van der Waals surface area contributed by atoms with Gasteiger partial charge in [0.2, 0.25) is 5.88 Å². The van der Waals surface area contributed by atoms with Crippen molar-refractivity contribution in [2.24, 2.45) is 0 Å². The minimum absolute atomic E-state index is 0.397. The fourth-order valence-corrected chi connectivity index (χ4v) is 2.70. The predicted octanol–water partition coefficient (Wildman–Crippen LogP) is 2.63. The van der Waals surface area contributed by atoms with Gasteiger partial charge in [0, 0.05) is 24.4 Å². The summed E-state index contributed by atoms with van der Waals surface area (Å²) in [6, 6.07) is 6.39. The molecule has 1 aliphatic rings. The molecule has 1 saturated heterocycles. The van der Waals surface area contributed by atoms with Crippen molar-refractivity contribution in [2.75, 3.05) is 13.7 Å². The Hall–Kier alpha value is -2.54. The molecule has 2 aromatic rings. The Morgan fingerprint density at radius 2 is 2.04 bits per heavy atom. The van der Waals surface area contributed by atoms with E-state index in [0.29, 0.717) is 18.9 Å². The van der Waals surface area contributed by atoms with Gasteiger partial charge in [-0.15, -0.1) is 0 Å². The fraction of sp³-hybridized carbons (Fsp3) is 0.294. The predicted molar refractivity (Wildman–Crippen MR) is 81.7 cm³/mol. The van der Waals surface area contributed by atoms with Gasteiger partial charge in [-0.1, -0.05) is 6.07 Å². The van der Waals surface area contributed by atoms with Crippen molar-refractivity contribution in [2.45, 2.75) is 18.6 Å². The lowest BCUT2D eigenvalue weighted by molar-refractivity contribution is 0.0814. The maximum atomic E-state index is 13.7. The number of rotatable bonds is 4. The van der Waals surface area contributed by atoms with E-state index in [1.54, 1.807) is 18.3 Å². The highest BCUT2D eigenvalue weighted by Gasteiger charge is 2.32. The second kappa shape index (κ2) is 6.92. The van der Waals surface area contributed by atoms with E-state index in [2.05, 4.69) is 10.3 Å². The number of nitrogens with zero attached hydrogens (tertiary/aromatic N) is 1. The zero-order chi connectivity index (χ0) is 17.1. The molecule has 0 aliphatic carbocycles. The van der Waals surface area contributed by atoms with Crippen LogP contribution in [0.25, 0.3) is 0 Å². The SMILES string of the molecule is COc1ccc([C@@H]2OCC[C@H]2NC(=O)c2c(F)cccc2F)cn1. The highest BCUT2D eigenvalue weighted by Crippen LogP contribution is 2.30. The molecule has 1 aliphatic heterocycles. The van der Waals surface area contributed by atoms with E-state index in [-0.39, 0.29) is 0 Å². The first kappa shape index (κ1) is 16.3. The summed E-state index contributed by atoms with van der Waals surface area (Å²) in [6.45, 7) is 0.432. The summed E-state index contributed by atoms with van der Waals surface area (Å²) in [5, 5.41) is 2.65. The zero-order valence-electron chi connectivity index (χ0n) is 13.0. The summed E-state index contributed by atoms with van der Waals surface area (Å²) in [4.78, 5) is 16.3. The van der Waals surface area contributed by atoms with Crippen LogP contribution in [0.3, 0.4) is 0 Å². The summed E-state index contributed by atoms with van der Waals surface area (Å²) >= 11 is 0. The maximum absolute atomic E-state index is 13.7. The average molecular weight is 334 g/mol. The molecule has 1 aromatic heterocycles. The number of aromatic nitrogens is 1. The molecule has 0 radical (unpaired) electrons. The second-order valence-corrected chi connectivity index (χ2v) is 5.39. The highest BCUT2D eigenvalue weighted by atomic mass is 19.1. The quantitative estimate of drug-likeness (QED) is 0.934. The van der Waals surface area contributed by atoms with Crippen LogP contribution in [0.1, 0.15) is 28.4 Å². The minimum atomic E-state index is -0.894. The van der Waals surface area contributed by atoms with Crippen LogP contribution >= 0.6 is 0 Å². The van der Waals surface area contributed by atoms with Gasteiger partial charge in [-0.2, -0.15) is 0 Å². The molecule has 1 aromatic carbocycles. The lowest BCUT2D eigenvalue weighted by Gasteiger charge is -2.20. The van der Waals surface area contributed by atoms with Crippen LogP contribution in [-0.4, -0.2) is 30.6 Å². The third-order valence-corrected chi connectivity index (χ3v) is 3.89. The molecule has 2 heterocycles. The summed E-state index contributed by atoms with van der Waals surface area (Å²) in [5.41, 5.74) is 0.170. The Morgan fingerprint density at radius 3 is 2.67 bits per heavy atom. The van der Waals surface area contributed by atoms with Gasteiger partial charge in [-0.05, 0) is 24.6 Å². The van der Waals surface area contributed by atoms with Crippen molar-refractivity contribution in [3.63, 3.8) is 0 Å². The normalized spacial score (nSPS) is 20.0. The average Bonchev–Trinajstić information content (AvgIpc) is 3.03. The third-order valence-electron chi connectivity index (χ3n) is 3.89. The summed E-state index contributed by atoms with van der Waals surface area (Å²) < 4.78 is 38.1. The Labute approximate surface area is 137 Å². The first-order valence-corrected chi connectivity index (χ1v) is 7.46. The smallest absolute Gasteiger partial charge is 0.257 e. The number of pyridine rings is 1. The van der Waals surface area contributed by atoms with Crippen molar-refractivity contribution in [3.05, 3.63) is 59.3 Å². The van der Waals surface area contributed by atoms with E-state index in [0.717, 1.165) is 17.7 Å². The van der Waals surface area contributed by atoms with Gasteiger partial charge in [-0.25, -0.2) is 13.8 Å². The van der Waals surface area contributed by atoms with E-state index >= 15 is 0 Å². The van der Waals surface area contributed by atoms with Crippen LogP contribution in [0.5, 0.6) is 5.88 Å². The van der Waals surface area contributed by atoms with E-state index in [1.165, 1.54) is 13.2 Å². The van der Waals surface area contributed by atoms with Gasteiger partial charge in [0.15, 0.2) is 0 Å². The number of methoxy groups -OCH3 is 1. The molecule has 24 heavy (non-hydrogen) atoms. The van der Waals surface area contributed by atoms with Gasteiger partial charge in [0.1, 0.15) is 23.3 Å². The summed E-state index contributed by atoms with van der Waals surface area (Å²) in [5.74, 6) is -2.12. The lowest BCUT2D eigenvalue weighted by atomic mass is 10.0. The molecule has 0 spiro atoms. The van der Waals surface area contributed by atoms with E-state index in [1.807, 2.05) is 0 Å². The summed E-state index contributed by atoms with van der Waals surface area (Å²) in [7, 11) is 1.51. The first-order chi connectivity index (χ1) is 11.6. The standard InChI is InChI=1S/C17H16F2N2O3/c1-23-14-6-5-10(9-20-14)16-13(7-8-24-16)21-17(22)15-11(18)3-2-4-12(15)19/h2-6,9,13,16H,7-8H2,1H3,(H,21,22)/t13-,16+/m1/s1. The Bertz CT molecular complexity index is 717. The minimum Gasteiger partial charge on any atom is -0.481 e. The largest absolute Gasteiger partial charge is 0.481 e. The number of benzene rings is 1. The number of halogens is 2. The van der Waals surface area contributed by atoms with Crippen molar-refractivity contribution >= 4 is 5.91 Å². The molecule has 5 nitrogen and oxygen atoms in total. The maximum Gasteiger partial charge on any atom is 0.257 e. The van der Waals surface area contributed by atoms with Crippen LogP contribution in [0, 0.1) is 11.6 Å². The topological polar surface area (TPSA) is 60.5 Å². The Kier molecular flexibility index (Phi) is 4.71. The number of amides is 1. The monoisotopic (exact) mass is 334 g/mol. The molecular weight excluding hydrogens is 318 g/mol. The van der Waals surface area contributed by atoms with Crippen LogP contribution in [-0.2, 0) is 4.74 Å². The Balaban J connectivity index is 1.77. The van der Waals surface area contributed by atoms with Crippen molar-refractivity contribution in [1.82, 2.24) is 10.3 Å². The molecule has 1 N–H and O–H groups in total. The highest BCUT2D eigenvalue weighted by molar-refractivity contribution is 5.95. The van der Waals surface area contributed by atoms with Crippen molar-refractivity contribution < 1.29 is 23.0 Å². The fourth-order valence-electron chi connectivity index (χ4n) is 2.70. The van der Waals surface area contributed by atoms with Crippen LogP contribution in [0.4, 0.5) is 8.78 Å².